The first-order valence-electron chi connectivity index (χ1n) is 13.9. The van der Waals surface area contributed by atoms with Crippen LogP contribution in [0.15, 0.2) is 75.6 Å². The van der Waals surface area contributed by atoms with E-state index in [9.17, 15) is 0 Å². The monoisotopic (exact) mass is 566 g/mol. The summed E-state index contributed by atoms with van der Waals surface area (Å²) in [5.74, 6) is 1.56. The lowest BCUT2D eigenvalue weighted by molar-refractivity contribution is -0.936. The van der Waals surface area contributed by atoms with Crippen LogP contribution in [0.1, 0.15) is 29.7 Å². The van der Waals surface area contributed by atoms with Crippen LogP contribution in [-0.2, 0) is 6.42 Å². The second kappa shape index (κ2) is 13.1. The molecule has 0 unspecified atom stereocenters. The minimum Gasteiger partial charge on any atom is -0.490 e. The Morgan fingerprint density at radius 2 is 1.85 bits per heavy atom. The first-order valence-corrected chi connectivity index (χ1v) is 15.1. The van der Waals surface area contributed by atoms with Gasteiger partial charge < -0.3 is 19.3 Å². The molecule has 0 spiro atoms. The molecule has 3 aromatic carbocycles. The molecule has 0 bridgehead atoms. The predicted octanol–water partition coefficient (Wildman–Crippen LogP) is 3.25. The maximum absolute atomic E-state index is 6.48. The summed E-state index contributed by atoms with van der Waals surface area (Å²) in [6.07, 6.45) is 2.97. The van der Waals surface area contributed by atoms with Gasteiger partial charge in [-0.3, -0.25) is 5.01 Å². The Balaban J connectivity index is 1.25. The molecule has 0 radical (unpaired) electrons. The van der Waals surface area contributed by atoms with Crippen LogP contribution in [0.2, 0.25) is 5.02 Å². The van der Waals surface area contributed by atoms with Crippen LogP contribution in [0.25, 0.3) is 0 Å². The van der Waals surface area contributed by atoms with Crippen molar-refractivity contribution in [2.75, 3.05) is 60.0 Å². The van der Waals surface area contributed by atoms with Crippen LogP contribution in [0.5, 0.6) is 11.5 Å². The quantitative estimate of drug-likeness (QED) is 0.390. The molecular weight excluding hydrogens is 528 g/mol. The number of ether oxygens (including phenoxy) is 2. The van der Waals surface area contributed by atoms with Crippen LogP contribution in [0.4, 0.5) is 0 Å². The molecule has 0 amide bonds. The average molecular weight is 567 g/mol. The number of hydrogen-bond acceptors (Lipinski definition) is 5. The fraction of sp³-hybridized carbons (Fsp3) is 0.387. The van der Waals surface area contributed by atoms with Gasteiger partial charge in [0.1, 0.15) is 19.2 Å². The Kier molecular flexibility index (Phi) is 9.35. The first-order chi connectivity index (χ1) is 19.0. The lowest BCUT2D eigenvalue weighted by Gasteiger charge is -2.35. The third-order valence-corrected chi connectivity index (χ3v) is 8.78. The summed E-state index contributed by atoms with van der Waals surface area (Å²) in [5, 5.41) is 7.83. The number of halogens is 1. The van der Waals surface area contributed by atoms with Crippen LogP contribution >= 0.6 is 23.4 Å². The molecular formula is C31H39ClN4O2S+2. The smallest absolute Gasteiger partial charge is 0.161 e. The van der Waals surface area contributed by atoms with Gasteiger partial charge in [-0.15, -0.1) is 0 Å². The summed E-state index contributed by atoms with van der Waals surface area (Å²) >= 11 is 8.35. The zero-order valence-corrected chi connectivity index (χ0v) is 24.7. The van der Waals surface area contributed by atoms with Gasteiger partial charge in [0.2, 0.25) is 0 Å². The van der Waals surface area contributed by atoms with E-state index in [0.717, 1.165) is 61.2 Å². The summed E-state index contributed by atoms with van der Waals surface area (Å²) in [6.45, 7) is 8.08. The number of rotatable bonds is 9. The molecule has 0 saturated carbocycles. The standard InChI is InChI=1S/C31H37ClN4O2S/c1-4-37-29-19-23(9-11-28(29)38-18-17-34(2)3)22-33-36-15-13-35(14-16-36)27-20-24-7-5-6-8-30(24)39-31-12-10-25(32)21-26(27)31/h5-12,19,21-22,27H,4,13-18,20H2,1-3H3/p+2/b33-22-/t27-/m0/s1. The number of quaternary nitrogens is 2. The summed E-state index contributed by atoms with van der Waals surface area (Å²) in [5.41, 5.74) is 3.81. The number of piperazine rings is 1. The van der Waals surface area contributed by atoms with E-state index >= 15 is 0 Å². The molecule has 0 aliphatic carbocycles. The molecule has 2 aliphatic heterocycles. The Labute approximate surface area is 241 Å². The normalized spacial score (nSPS) is 17.7. The van der Waals surface area contributed by atoms with Gasteiger partial charge in [-0.1, -0.05) is 41.6 Å². The van der Waals surface area contributed by atoms with Crippen molar-refractivity contribution in [3.05, 3.63) is 82.4 Å². The van der Waals surface area contributed by atoms with Crippen molar-refractivity contribution in [1.82, 2.24) is 5.01 Å². The predicted molar refractivity (Wildman–Crippen MR) is 159 cm³/mol. The third-order valence-electron chi connectivity index (χ3n) is 7.34. The number of nitrogens with one attached hydrogen (secondary N) is 2. The van der Waals surface area contributed by atoms with Gasteiger partial charge in [-0.25, -0.2) is 0 Å². The Hall–Kier alpha value is -2.71. The lowest BCUT2D eigenvalue weighted by atomic mass is 9.97. The first kappa shape index (κ1) is 27.8. The van der Waals surface area contributed by atoms with E-state index in [1.807, 2.05) is 49.2 Å². The van der Waals surface area contributed by atoms with Crippen molar-refractivity contribution in [3.8, 4) is 11.5 Å². The van der Waals surface area contributed by atoms with Crippen molar-refractivity contribution in [3.63, 3.8) is 0 Å². The van der Waals surface area contributed by atoms with Crippen molar-refractivity contribution in [2.24, 2.45) is 5.10 Å². The van der Waals surface area contributed by atoms with E-state index < -0.39 is 0 Å². The Morgan fingerprint density at radius 3 is 2.64 bits per heavy atom. The Morgan fingerprint density at radius 1 is 1.03 bits per heavy atom. The van der Waals surface area contributed by atoms with Gasteiger partial charge in [0, 0.05) is 26.8 Å². The summed E-state index contributed by atoms with van der Waals surface area (Å²) in [7, 11) is 4.24. The molecule has 2 N–H and O–H groups in total. The van der Waals surface area contributed by atoms with E-state index in [2.05, 4.69) is 55.5 Å². The number of likely N-dealkylation sites (N-methyl/N-ethyl adjacent to an activating group) is 1. The maximum Gasteiger partial charge on any atom is 0.161 e. The van der Waals surface area contributed by atoms with Crippen molar-refractivity contribution in [2.45, 2.75) is 29.2 Å². The minimum atomic E-state index is 0.386. The Bertz CT molecular complexity index is 1290. The molecule has 3 aromatic rings. The molecule has 5 rings (SSSR count). The van der Waals surface area contributed by atoms with Crippen molar-refractivity contribution < 1.29 is 19.3 Å². The zero-order valence-electron chi connectivity index (χ0n) is 23.1. The van der Waals surface area contributed by atoms with Crippen LogP contribution in [0.3, 0.4) is 0 Å². The van der Waals surface area contributed by atoms with Crippen LogP contribution in [0, 0.1) is 0 Å². The number of hydrogen-bond donors (Lipinski definition) is 2. The number of benzene rings is 3. The van der Waals surface area contributed by atoms with E-state index in [0.29, 0.717) is 19.3 Å². The fourth-order valence-corrected chi connectivity index (χ4v) is 6.52. The lowest BCUT2D eigenvalue weighted by Crippen LogP contribution is -3.15. The van der Waals surface area contributed by atoms with Crippen LogP contribution in [-0.4, -0.2) is 71.3 Å². The second-order valence-corrected chi connectivity index (χ2v) is 12.0. The molecule has 1 atom stereocenters. The molecule has 0 aromatic heterocycles. The van der Waals surface area contributed by atoms with Gasteiger partial charge in [-0.05, 0) is 60.5 Å². The van der Waals surface area contributed by atoms with Gasteiger partial charge in [0.25, 0.3) is 0 Å². The molecule has 206 valence electrons. The molecule has 2 heterocycles. The van der Waals surface area contributed by atoms with Gasteiger partial charge in [-0.2, -0.15) is 5.10 Å². The van der Waals surface area contributed by atoms with E-state index in [4.69, 9.17) is 26.2 Å². The molecule has 6 nitrogen and oxygen atoms in total. The highest BCUT2D eigenvalue weighted by atomic mass is 35.5. The second-order valence-electron chi connectivity index (χ2n) is 10.4. The molecule has 8 heteroatoms. The molecule has 1 saturated heterocycles. The van der Waals surface area contributed by atoms with Crippen molar-refractivity contribution >= 4 is 29.6 Å². The topological polar surface area (TPSA) is 42.9 Å². The average Bonchev–Trinajstić information content (AvgIpc) is 3.10. The highest BCUT2D eigenvalue weighted by Gasteiger charge is 2.33. The number of hydrazone groups is 1. The maximum atomic E-state index is 6.48. The summed E-state index contributed by atoms with van der Waals surface area (Å²) in [6, 6.07) is 21.6. The molecule has 39 heavy (non-hydrogen) atoms. The van der Waals surface area contributed by atoms with Gasteiger partial charge in [0.05, 0.1) is 53.1 Å². The fourth-order valence-electron chi connectivity index (χ4n) is 5.22. The van der Waals surface area contributed by atoms with E-state index in [1.165, 1.54) is 25.8 Å². The number of nitrogens with zero attached hydrogens (tertiary/aromatic N) is 2. The highest BCUT2D eigenvalue weighted by Crippen LogP contribution is 2.40. The van der Waals surface area contributed by atoms with E-state index in [1.54, 1.807) is 4.90 Å². The largest absolute Gasteiger partial charge is 0.490 e. The SMILES string of the molecule is CCOc1cc(/C=N\N2CC[NH+]([C@H]3Cc4ccccc4Sc4ccc(Cl)cc43)CC2)ccc1OCC[NH+](C)C. The van der Waals surface area contributed by atoms with Gasteiger partial charge in [0.15, 0.2) is 11.5 Å². The van der Waals surface area contributed by atoms with E-state index in [-0.39, 0.29) is 0 Å². The highest BCUT2D eigenvalue weighted by molar-refractivity contribution is 7.99. The van der Waals surface area contributed by atoms with Crippen molar-refractivity contribution in [1.29, 1.82) is 0 Å². The number of fused-ring (bicyclic) bond motifs is 2. The van der Waals surface area contributed by atoms with Gasteiger partial charge >= 0.3 is 0 Å². The van der Waals surface area contributed by atoms with Crippen LogP contribution < -0.4 is 19.3 Å². The zero-order chi connectivity index (χ0) is 27.2. The minimum absolute atomic E-state index is 0.386. The summed E-state index contributed by atoms with van der Waals surface area (Å²) < 4.78 is 11.8. The molecule has 1 fully saturated rings. The third kappa shape index (κ3) is 7.09. The summed E-state index contributed by atoms with van der Waals surface area (Å²) in [4.78, 5) is 5.63. The molecule has 2 aliphatic rings.